The van der Waals surface area contributed by atoms with E-state index < -0.39 is 0 Å². The van der Waals surface area contributed by atoms with E-state index in [0.29, 0.717) is 18.4 Å². The number of pyridine rings is 1. The molecule has 0 N–H and O–H groups in total. The molecule has 4 heteroatoms. The Morgan fingerprint density at radius 3 is 2.48 bits per heavy atom. The Hall–Kier alpha value is -2.85. The zero-order valence-electron chi connectivity index (χ0n) is 16.5. The van der Waals surface area contributed by atoms with E-state index in [9.17, 15) is 4.79 Å². The fourth-order valence-corrected chi connectivity index (χ4v) is 4.81. The highest BCUT2D eigenvalue weighted by Crippen LogP contribution is 2.35. The number of hydrogen-bond acceptors (Lipinski definition) is 3. The fraction of sp³-hybridized carbons (Fsp3) is 0.320. The highest BCUT2D eigenvalue weighted by atomic mass is 16.5. The van der Waals surface area contributed by atoms with Crippen LogP contribution in [0.4, 0.5) is 0 Å². The van der Waals surface area contributed by atoms with E-state index in [1.54, 1.807) is 6.07 Å². The van der Waals surface area contributed by atoms with Gasteiger partial charge in [-0.3, -0.25) is 9.69 Å². The summed E-state index contributed by atoms with van der Waals surface area (Å²) in [5, 5.41) is 0. The summed E-state index contributed by atoms with van der Waals surface area (Å²) in [5.41, 5.74) is 3.85. The maximum atomic E-state index is 12.2. The number of likely N-dealkylation sites (tertiary alicyclic amines) is 1. The monoisotopic (exact) mass is 386 g/mol. The SMILES string of the molecule is O=c1cccc2n1CC1CC2CN(Cc2ccc(OCc3ccccc3)cc2)C1. The molecule has 0 aliphatic carbocycles. The lowest BCUT2D eigenvalue weighted by Gasteiger charge is -2.42. The lowest BCUT2D eigenvalue weighted by Crippen LogP contribution is -2.46. The Kier molecular flexibility index (Phi) is 4.94. The maximum Gasteiger partial charge on any atom is 0.250 e. The Bertz CT molecular complexity index is 1030. The molecule has 2 atom stereocenters. The van der Waals surface area contributed by atoms with Crippen molar-refractivity contribution in [3.63, 3.8) is 0 Å². The molecule has 4 nitrogen and oxygen atoms in total. The predicted octanol–water partition coefficient (Wildman–Crippen LogP) is 4.05. The highest BCUT2D eigenvalue weighted by molar-refractivity contribution is 5.28. The lowest BCUT2D eigenvalue weighted by atomic mass is 9.83. The van der Waals surface area contributed by atoms with Gasteiger partial charge in [0.2, 0.25) is 0 Å². The van der Waals surface area contributed by atoms with Crippen LogP contribution in [0.25, 0.3) is 0 Å². The number of rotatable bonds is 5. The largest absolute Gasteiger partial charge is 0.489 e. The molecular formula is C25H26N2O2. The summed E-state index contributed by atoms with van der Waals surface area (Å²) < 4.78 is 7.90. The van der Waals surface area contributed by atoms with E-state index in [1.165, 1.54) is 23.2 Å². The molecule has 0 spiro atoms. The Labute approximate surface area is 171 Å². The van der Waals surface area contributed by atoms with Gasteiger partial charge in [0.15, 0.2) is 0 Å². The first-order valence-electron chi connectivity index (χ1n) is 10.4. The van der Waals surface area contributed by atoms with E-state index in [-0.39, 0.29) is 5.56 Å². The topological polar surface area (TPSA) is 34.5 Å². The average Bonchev–Trinajstić information content (AvgIpc) is 2.75. The van der Waals surface area contributed by atoms with Crippen molar-refractivity contribution in [2.75, 3.05) is 13.1 Å². The van der Waals surface area contributed by atoms with Gasteiger partial charge in [-0.25, -0.2) is 0 Å². The number of fused-ring (bicyclic) bond motifs is 4. The van der Waals surface area contributed by atoms with Crippen LogP contribution in [0.2, 0.25) is 0 Å². The second-order valence-electron chi connectivity index (χ2n) is 8.31. The van der Waals surface area contributed by atoms with Crippen LogP contribution in [0.1, 0.15) is 29.2 Å². The van der Waals surface area contributed by atoms with E-state index in [1.807, 2.05) is 28.8 Å². The molecule has 2 aliphatic heterocycles. The van der Waals surface area contributed by atoms with Gasteiger partial charge in [-0.05, 0) is 41.7 Å². The van der Waals surface area contributed by atoms with Crippen LogP contribution in [0, 0.1) is 5.92 Å². The number of piperidine rings is 1. The third-order valence-corrected chi connectivity index (χ3v) is 6.13. The molecule has 148 valence electrons. The fourth-order valence-electron chi connectivity index (χ4n) is 4.81. The van der Waals surface area contributed by atoms with Gasteiger partial charge in [-0.1, -0.05) is 48.5 Å². The normalized spacial score (nSPS) is 20.8. The van der Waals surface area contributed by atoms with Crippen LogP contribution in [0.3, 0.4) is 0 Å². The molecule has 29 heavy (non-hydrogen) atoms. The van der Waals surface area contributed by atoms with Crippen molar-refractivity contribution in [1.29, 1.82) is 0 Å². The van der Waals surface area contributed by atoms with Crippen LogP contribution in [0.15, 0.2) is 77.6 Å². The molecule has 2 unspecified atom stereocenters. The first kappa shape index (κ1) is 18.2. The summed E-state index contributed by atoms with van der Waals surface area (Å²) in [6, 6.07) is 24.4. The van der Waals surface area contributed by atoms with Crippen LogP contribution in [0.5, 0.6) is 5.75 Å². The minimum Gasteiger partial charge on any atom is -0.489 e. The number of nitrogens with zero attached hydrogens (tertiary/aromatic N) is 2. The highest BCUT2D eigenvalue weighted by Gasteiger charge is 2.34. The maximum absolute atomic E-state index is 12.2. The van der Waals surface area contributed by atoms with Gasteiger partial charge < -0.3 is 9.30 Å². The van der Waals surface area contributed by atoms with Gasteiger partial charge in [0.1, 0.15) is 12.4 Å². The first-order valence-corrected chi connectivity index (χ1v) is 10.4. The van der Waals surface area contributed by atoms with E-state index >= 15 is 0 Å². The molecule has 3 heterocycles. The van der Waals surface area contributed by atoms with Crippen molar-refractivity contribution in [3.8, 4) is 5.75 Å². The standard InChI is InChI=1S/C25H26N2O2/c28-25-8-4-7-24-22-13-21(16-27(24)25)15-26(17-22)14-19-9-11-23(12-10-19)29-18-20-5-2-1-3-6-20/h1-12,21-22H,13-18H2. The second-order valence-corrected chi connectivity index (χ2v) is 8.31. The van der Waals surface area contributed by atoms with Crippen molar-refractivity contribution >= 4 is 0 Å². The van der Waals surface area contributed by atoms with Gasteiger partial charge in [-0.15, -0.1) is 0 Å². The zero-order chi connectivity index (χ0) is 19.6. The van der Waals surface area contributed by atoms with Gasteiger partial charge >= 0.3 is 0 Å². The van der Waals surface area contributed by atoms with Crippen molar-refractivity contribution in [2.45, 2.75) is 32.0 Å². The summed E-state index contributed by atoms with van der Waals surface area (Å²) in [7, 11) is 0. The third-order valence-electron chi connectivity index (χ3n) is 6.13. The zero-order valence-corrected chi connectivity index (χ0v) is 16.5. The smallest absolute Gasteiger partial charge is 0.250 e. The summed E-state index contributed by atoms with van der Waals surface area (Å²) >= 11 is 0. The van der Waals surface area contributed by atoms with Gasteiger partial charge in [0.05, 0.1) is 0 Å². The van der Waals surface area contributed by atoms with E-state index in [0.717, 1.165) is 31.9 Å². The Balaban J connectivity index is 1.22. The summed E-state index contributed by atoms with van der Waals surface area (Å²) in [5.74, 6) is 1.93. The average molecular weight is 386 g/mol. The number of benzene rings is 2. The molecule has 0 saturated carbocycles. The molecular weight excluding hydrogens is 360 g/mol. The van der Waals surface area contributed by atoms with Crippen molar-refractivity contribution < 1.29 is 4.74 Å². The number of aromatic nitrogens is 1. The molecule has 3 aromatic rings. The minimum absolute atomic E-state index is 0.150. The molecule has 0 radical (unpaired) electrons. The van der Waals surface area contributed by atoms with Crippen molar-refractivity contribution in [3.05, 3.63) is 100.0 Å². The Morgan fingerprint density at radius 2 is 1.66 bits per heavy atom. The van der Waals surface area contributed by atoms with Crippen LogP contribution in [-0.4, -0.2) is 22.6 Å². The van der Waals surface area contributed by atoms with Crippen molar-refractivity contribution in [1.82, 2.24) is 9.47 Å². The molecule has 1 saturated heterocycles. The molecule has 2 aromatic carbocycles. The van der Waals surface area contributed by atoms with Gasteiger partial charge in [0, 0.05) is 43.9 Å². The molecule has 2 bridgehead atoms. The third kappa shape index (κ3) is 3.99. The lowest BCUT2D eigenvalue weighted by molar-refractivity contribution is 0.114. The molecule has 1 fully saturated rings. The quantitative estimate of drug-likeness (QED) is 0.664. The molecule has 0 amide bonds. The second kappa shape index (κ2) is 7.88. The Morgan fingerprint density at radius 1 is 0.828 bits per heavy atom. The molecule has 5 rings (SSSR count). The first-order chi connectivity index (χ1) is 14.2. The summed E-state index contributed by atoms with van der Waals surface area (Å²) in [6.07, 6.45) is 1.20. The van der Waals surface area contributed by atoms with Crippen molar-refractivity contribution in [2.24, 2.45) is 5.92 Å². The van der Waals surface area contributed by atoms with Crippen LogP contribution in [-0.2, 0) is 19.7 Å². The van der Waals surface area contributed by atoms with Gasteiger partial charge in [0.25, 0.3) is 5.56 Å². The van der Waals surface area contributed by atoms with Crippen LogP contribution < -0.4 is 10.3 Å². The molecule has 1 aromatic heterocycles. The van der Waals surface area contributed by atoms with Crippen LogP contribution >= 0.6 is 0 Å². The van der Waals surface area contributed by atoms with E-state index in [4.69, 9.17) is 4.74 Å². The minimum atomic E-state index is 0.150. The van der Waals surface area contributed by atoms with Gasteiger partial charge in [-0.2, -0.15) is 0 Å². The molecule has 2 aliphatic rings. The van der Waals surface area contributed by atoms with E-state index in [2.05, 4.69) is 47.4 Å². The summed E-state index contributed by atoms with van der Waals surface area (Å²) in [6.45, 7) is 4.47. The predicted molar refractivity (Wildman–Crippen MR) is 114 cm³/mol. The summed E-state index contributed by atoms with van der Waals surface area (Å²) in [4.78, 5) is 14.7. The number of hydrogen-bond donors (Lipinski definition) is 0. The number of ether oxygens (including phenoxy) is 1.